The first-order chi connectivity index (χ1) is 9.25. The Bertz CT molecular complexity index is 353. The number of unbranched alkanes of at least 4 members (excludes halogenated alkanes) is 7. The molecule has 1 rings (SSSR count). The summed E-state index contributed by atoms with van der Waals surface area (Å²) in [5.41, 5.74) is 0.942. The molecule has 0 fully saturated rings. The molecule has 0 radical (unpaired) electrons. The maximum Gasteiger partial charge on any atom is 0.0823 e. The van der Waals surface area contributed by atoms with E-state index in [4.69, 9.17) is 23.2 Å². The van der Waals surface area contributed by atoms with Gasteiger partial charge < -0.3 is 5.32 Å². The third-order valence-corrected chi connectivity index (χ3v) is 4.12. The van der Waals surface area contributed by atoms with Crippen LogP contribution < -0.4 is 5.32 Å². The van der Waals surface area contributed by atoms with E-state index in [1.807, 2.05) is 18.2 Å². The van der Waals surface area contributed by atoms with Gasteiger partial charge in [-0.15, -0.1) is 0 Å². The monoisotopic (exact) mass is 301 g/mol. The van der Waals surface area contributed by atoms with E-state index in [0.29, 0.717) is 10.0 Å². The second kappa shape index (κ2) is 10.4. The highest BCUT2D eigenvalue weighted by Gasteiger charge is 2.02. The topological polar surface area (TPSA) is 12.0 Å². The van der Waals surface area contributed by atoms with Gasteiger partial charge in [0.25, 0.3) is 0 Å². The molecule has 0 aliphatic rings. The molecule has 1 aromatic rings. The molecule has 0 amide bonds. The summed E-state index contributed by atoms with van der Waals surface area (Å²) in [7, 11) is 0. The molecular weight excluding hydrogens is 277 g/mol. The Morgan fingerprint density at radius 3 is 2.21 bits per heavy atom. The van der Waals surface area contributed by atoms with Crippen LogP contribution in [0.2, 0.25) is 10.0 Å². The Kier molecular flexibility index (Phi) is 9.11. The maximum absolute atomic E-state index is 6.11. The highest BCUT2D eigenvalue weighted by atomic mass is 35.5. The van der Waals surface area contributed by atoms with Crippen molar-refractivity contribution in [2.75, 3.05) is 11.9 Å². The molecule has 1 N–H and O–H groups in total. The molecule has 0 atom stereocenters. The number of rotatable bonds is 10. The molecule has 3 heteroatoms. The van der Waals surface area contributed by atoms with Gasteiger partial charge in [0.05, 0.1) is 15.7 Å². The highest BCUT2D eigenvalue weighted by Crippen LogP contribution is 2.29. The summed E-state index contributed by atoms with van der Waals surface area (Å²) in [6.07, 6.45) is 10.7. The molecule has 0 heterocycles. The summed E-state index contributed by atoms with van der Waals surface area (Å²) in [6.45, 7) is 3.22. The van der Waals surface area contributed by atoms with Gasteiger partial charge in [-0.3, -0.25) is 0 Å². The third-order valence-electron chi connectivity index (χ3n) is 3.30. The van der Waals surface area contributed by atoms with E-state index in [0.717, 1.165) is 12.2 Å². The number of benzene rings is 1. The first kappa shape index (κ1) is 16.7. The van der Waals surface area contributed by atoms with Crippen LogP contribution in [0.25, 0.3) is 0 Å². The van der Waals surface area contributed by atoms with Gasteiger partial charge >= 0.3 is 0 Å². The van der Waals surface area contributed by atoms with E-state index in [-0.39, 0.29) is 0 Å². The van der Waals surface area contributed by atoms with Crippen LogP contribution in [0, 0.1) is 0 Å². The maximum atomic E-state index is 6.11. The molecule has 0 unspecified atom stereocenters. The van der Waals surface area contributed by atoms with E-state index in [9.17, 15) is 0 Å². The van der Waals surface area contributed by atoms with Crippen molar-refractivity contribution >= 4 is 28.9 Å². The van der Waals surface area contributed by atoms with Gasteiger partial charge in [-0.25, -0.2) is 0 Å². The first-order valence-electron chi connectivity index (χ1n) is 7.43. The summed E-state index contributed by atoms with van der Waals surface area (Å²) in [5.74, 6) is 0. The Labute approximate surface area is 127 Å². The Hall–Kier alpha value is -0.400. The first-order valence-corrected chi connectivity index (χ1v) is 8.19. The lowest BCUT2D eigenvalue weighted by Crippen LogP contribution is -2.01. The van der Waals surface area contributed by atoms with Crippen molar-refractivity contribution in [1.29, 1.82) is 0 Å². The zero-order chi connectivity index (χ0) is 13.9. The fourth-order valence-corrected chi connectivity index (χ4v) is 2.49. The van der Waals surface area contributed by atoms with Gasteiger partial charge in [-0.1, -0.05) is 81.1 Å². The van der Waals surface area contributed by atoms with Crippen molar-refractivity contribution in [3.63, 3.8) is 0 Å². The second-order valence-corrected chi connectivity index (χ2v) is 5.79. The minimum Gasteiger partial charge on any atom is -0.384 e. The van der Waals surface area contributed by atoms with Crippen LogP contribution in [0.3, 0.4) is 0 Å². The Morgan fingerprint density at radius 2 is 1.53 bits per heavy atom. The fraction of sp³-hybridized carbons (Fsp3) is 0.625. The smallest absolute Gasteiger partial charge is 0.0823 e. The average molecular weight is 302 g/mol. The van der Waals surface area contributed by atoms with Crippen LogP contribution in [0.4, 0.5) is 5.69 Å². The molecule has 0 saturated heterocycles. The lowest BCUT2D eigenvalue weighted by molar-refractivity contribution is 0.581. The van der Waals surface area contributed by atoms with Gasteiger partial charge in [-0.2, -0.15) is 0 Å². The summed E-state index contributed by atoms with van der Waals surface area (Å²) in [6, 6.07) is 5.70. The van der Waals surface area contributed by atoms with Gasteiger partial charge in [0.1, 0.15) is 0 Å². The Morgan fingerprint density at radius 1 is 0.895 bits per heavy atom. The van der Waals surface area contributed by atoms with E-state index >= 15 is 0 Å². The number of hydrogen-bond donors (Lipinski definition) is 1. The van der Waals surface area contributed by atoms with E-state index in [1.165, 1.54) is 51.4 Å². The fourth-order valence-electron chi connectivity index (χ4n) is 2.12. The van der Waals surface area contributed by atoms with Crippen LogP contribution in [-0.2, 0) is 0 Å². The van der Waals surface area contributed by atoms with Crippen LogP contribution in [0.5, 0.6) is 0 Å². The minimum absolute atomic E-state index is 0.614. The van der Waals surface area contributed by atoms with Crippen LogP contribution >= 0.6 is 23.2 Å². The normalized spacial score (nSPS) is 10.7. The predicted octanol–water partition coefficient (Wildman–Crippen LogP) is 6.55. The van der Waals surface area contributed by atoms with Gasteiger partial charge in [-0.05, 0) is 18.6 Å². The molecule has 0 aliphatic heterocycles. The summed E-state index contributed by atoms with van der Waals surface area (Å²) < 4.78 is 0. The number of hydrogen-bond acceptors (Lipinski definition) is 1. The zero-order valence-electron chi connectivity index (χ0n) is 11.9. The van der Waals surface area contributed by atoms with Crippen molar-refractivity contribution in [2.24, 2.45) is 0 Å². The van der Waals surface area contributed by atoms with E-state index in [2.05, 4.69) is 12.2 Å². The lowest BCUT2D eigenvalue weighted by atomic mass is 10.1. The third kappa shape index (κ3) is 7.08. The molecule has 0 aromatic heterocycles. The van der Waals surface area contributed by atoms with Gasteiger partial charge in [0.2, 0.25) is 0 Å². The molecule has 0 aliphatic carbocycles. The molecule has 1 aromatic carbocycles. The number of nitrogens with one attached hydrogen (secondary N) is 1. The summed E-state index contributed by atoms with van der Waals surface area (Å²) in [5, 5.41) is 4.59. The van der Waals surface area contributed by atoms with E-state index in [1.54, 1.807) is 0 Å². The van der Waals surface area contributed by atoms with Crippen LogP contribution in [0.1, 0.15) is 58.3 Å². The summed E-state index contributed by atoms with van der Waals surface area (Å²) >= 11 is 12.1. The SMILES string of the molecule is CCCCCCCCCCNc1cccc(Cl)c1Cl. The van der Waals surface area contributed by atoms with Crippen LogP contribution in [-0.4, -0.2) is 6.54 Å². The molecule has 1 nitrogen and oxygen atoms in total. The molecular formula is C16H25Cl2N. The zero-order valence-corrected chi connectivity index (χ0v) is 13.4. The molecule has 0 bridgehead atoms. The van der Waals surface area contributed by atoms with Crippen molar-refractivity contribution < 1.29 is 0 Å². The standard InChI is InChI=1S/C16H25Cl2N/c1-2-3-4-5-6-7-8-9-13-19-15-12-10-11-14(17)16(15)18/h10-12,19H,2-9,13H2,1H3. The second-order valence-electron chi connectivity index (χ2n) is 5.00. The van der Waals surface area contributed by atoms with Crippen molar-refractivity contribution in [1.82, 2.24) is 0 Å². The minimum atomic E-state index is 0.614. The van der Waals surface area contributed by atoms with E-state index < -0.39 is 0 Å². The number of halogens is 2. The van der Waals surface area contributed by atoms with Crippen molar-refractivity contribution in [3.8, 4) is 0 Å². The average Bonchev–Trinajstić information content (AvgIpc) is 2.41. The quantitative estimate of drug-likeness (QED) is 0.483. The van der Waals surface area contributed by atoms with Gasteiger partial charge in [0, 0.05) is 6.54 Å². The van der Waals surface area contributed by atoms with Gasteiger partial charge in [0.15, 0.2) is 0 Å². The van der Waals surface area contributed by atoms with Crippen LogP contribution in [0.15, 0.2) is 18.2 Å². The molecule has 0 spiro atoms. The molecule has 19 heavy (non-hydrogen) atoms. The largest absolute Gasteiger partial charge is 0.384 e. The number of anilines is 1. The highest BCUT2D eigenvalue weighted by molar-refractivity contribution is 6.43. The van der Waals surface area contributed by atoms with Crippen molar-refractivity contribution in [3.05, 3.63) is 28.2 Å². The lowest BCUT2D eigenvalue weighted by Gasteiger charge is -2.09. The molecule has 108 valence electrons. The molecule has 0 saturated carbocycles. The summed E-state index contributed by atoms with van der Waals surface area (Å²) in [4.78, 5) is 0. The van der Waals surface area contributed by atoms with Crippen molar-refractivity contribution in [2.45, 2.75) is 58.3 Å². The Balaban J connectivity index is 2.03. The predicted molar refractivity (Wildman–Crippen MR) is 87.6 cm³/mol.